The summed E-state index contributed by atoms with van der Waals surface area (Å²) in [6.45, 7) is 2.09. The molecule has 6 nitrogen and oxygen atoms in total. The number of aryl methyl sites for hydroxylation is 1. The first kappa shape index (κ1) is 21.2. The van der Waals surface area contributed by atoms with Crippen molar-refractivity contribution in [2.75, 3.05) is 6.61 Å². The van der Waals surface area contributed by atoms with Crippen molar-refractivity contribution >= 4 is 55.7 Å². The maximum atomic E-state index is 13.4. The summed E-state index contributed by atoms with van der Waals surface area (Å²) in [5.41, 5.74) is 3.38. The molecule has 1 amide bonds. The number of benzene rings is 2. The summed E-state index contributed by atoms with van der Waals surface area (Å²) < 4.78 is 7.81. The number of thiazole rings is 1. The van der Waals surface area contributed by atoms with Gasteiger partial charge in [0.05, 0.1) is 44.0 Å². The van der Waals surface area contributed by atoms with Crippen LogP contribution >= 0.6 is 22.7 Å². The van der Waals surface area contributed by atoms with Gasteiger partial charge < -0.3 is 9.30 Å². The zero-order valence-corrected chi connectivity index (χ0v) is 19.6. The summed E-state index contributed by atoms with van der Waals surface area (Å²) in [4.78, 5) is 36.2. The van der Waals surface area contributed by atoms with Crippen LogP contribution in [0, 0.1) is 0 Å². The number of amides is 1. The first-order chi connectivity index (χ1) is 16.0. The third-order valence-corrected chi connectivity index (χ3v) is 7.22. The average Bonchev–Trinajstić information content (AvgIpc) is 3.47. The van der Waals surface area contributed by atoms with E-state index in [1.54, 1.807) is 30.4 Å². The highest BCUT2D eigenvalue weighted by Gasteiger charge is 2.15. The van der Waals surface area contributed by atoms with Crippen molar-refractivity contribution in [3.8, 4) is 10.6 Å². The number of fused-ring (bicyclic) bond motifs is 2. The Morgan fingerprint density at radius 1 is 1.09 bits per heavy atom. The lowest BCUT2D eigenvalue weighted by Crippen LogP contribution is -2.13. The summed E-state index contributed by atoms with van der Waals surface area (Å²) >= 11 is 2.94. The SMILES string of the molecule is CCOC(=O)c1ccc2c(c1)sc(=NC(=O)c1cc(-c3cccs3)nc3ccccc13)n2C. The van der Waals surface area contributed by atoms with Crippen LogP contribution in [0.1, 0.15) is 27.6 Å². The molecule has 33 heavy (non-hydrogen) atoms. The Labute approximate surface area is 197 Å². The molecule has 0 saturated heterocycles. The van der Waals surface area contributed by atoms with Gasteiger partial charge in [0, 0.05) is 12.4 Å². The smallest absolute Gasteiger partial charge is 0.338 e. The molecule has 5 rings (SSSR count). The summed E-state index contributed by atoms with van der Waals surface area (Å²) in [7, 11) is 1.86. The minimum absolute atomic E-state index is 0.317. The van der Waals surface area contributed by atoms with Crippen molar-refractivity contribution in [1.29, 1.82) is 0 Å². The van der Waals surface area contributed by atoms with Gasteiger partial charge in [0.1, 0.15) is 0 Å². The van der Waals surface area contributed by atoms with Crippen LogP contribution in [0.5, 0.6) is 0 Å². The van der Waals surface area contributed by atoms with Gasteiger partial charge in [-0.1, -0.05) is 35.6 Å². The molecule has 2 aromatic carbocycles. The number of esters is 1. The van der Waals surface area contributed by atoms with Gasteiger partial charge in [-0.05, 0) is 48.7 Å². The minimum Gasteiger partial charge on any atom is -0.462 e. The van der Waals surface area contributed by atoms with Gasteiger partial charge in [0.2, 0.25) is 0 Å². The number of hydrogen-bond acceptors (Lipinski definition) is 6. The van der Waals surface area contributed by atoms with E-state index in [1.807, 2.05) is 65.5 Å². The van der Waals surface area contributed by atoms with E-state index in [2.05, 4.69) is 4.99 Å². The fraction of sp³-hybridized carbons (Fsp3) is 0.120. The largest absolute Gasteiger partial charge is 0.462 e. The van der Waals surface area contributed by atoms with E-state index in [4.69, 9.17) is 9.72 Å². The Kier molecular flexibility index (Phi) is 5.62. The molecule has 0 N–H and O–H groups in total. The van der Waals surface area contributed by atoms with Crippen LogP contribution in [-0.2, 0) is 11.8 Å². The molecule has 0 bridgehead atoms. The number of aromatic nitrogens is 2. The fourth-order valence-corrected chi connectivity index (χ4v) is 5.37. The number of carbonyl (C=O) groups is 2. The van der Waals surface area contributed by atoms with Crippen molar-refractivity contribution in [2.24, 2.45) is 12.0 Å². The van der Waals surface area contributed by atoms with Gasteiger partial charge in [-0.25, -0.2) is 9.78 Å². The van der Waals surface area contributed by atoms with E-state index in [-0.39, 0.29) is 11.9 Å². The van der Waals surface area contributed by atoms with E-state index in [1.165, 1.54) is 11.3 Å². The highest BCUT2D eigenvalue weighted by molar-refractivity contribution is 7.16. The van der Waals surface area contributed by atoms with E-state index in [0.29, 0.717) is 22.5 Å². The second-order valence-corrected chi connectivity index (χ2v) is 9.27. The molecule has 3 heterocycles. The second kappa shape index (κ2) is 8.73. The Morgan fingerprint density at radius 2 is 1.94 bits per heavy atom. The van der Waals surface area contributed by atoms with Gasteiger partial charge in [0.15, 0.2) is 4.80 Å². The minimum atomic E-state index is -0.366. The maximum absolute atomic E-state index is 13.4. The quantitative estimate of drug-likeness (QED) is 0.326. The van der Waals surface area contributed by atoms with E-state index in [9.17, 15) is 9.59 Å². The van der Waals surface area contributed by atoms with Gasteiger partial charge in [-0.15, -0.1) is 11.3 Å². The average molecular weight is 474 g/mol. The highest BCUT2D eigenvalue weighted by Crippen LogP contribution is 2.28. The summed E-state index contributed by atoms with van der Waals surface area (Å²) in [5.74, 6) is -0.700. The normalized spacial score (nSPS) is 11.9. The number of ether oxygens (including phenoxy) is 1. The summed E-state index contributed by atoms with van der Waals surface area (Å²) in [6.07, 6.45) is 0. The molecular formula is C25H19N3O3S2. The molecule has 0 spiro atoms. The summed E-state index contributed by atoms with van der Waals surface area (Å²) in [6, 6.07) is 18.7. The highest BCUT2D eigenvalue weighted by atomic mass is 32.1. The zero-order chi connectivity index (χ0) is 22.9. The van der Waals surface area contributed by atoms with Gasteiger partial charge in [-0.3, -0.25) is 4.79 Å². The Balaban J connectivity index is 1.62. The first-order valence-corrected chi connectivity index (χ1v) is 12.0. The molecule has 0 aliphatic carbocycles. The number of thiophene rings is 1. The fourth-order valence-electron chi connectivity index (χ4n) is 3.63. The number of pyridine rings is 1. The second-order valence-electron chi connectivity index (χ2n) is 7.31. The van der Waals surface area contributed by atoms with E-state index >= 15 is 0 Å². The van der Waals surface area contributed by atoms with Crippen molar-refractivity contribution in [1.82, 2.24) is 9.55 Å². The predicted molar refractivity (Wildman–Crippen MR) is 132 cm³/mol. The first-order valence-electron chi connectivity index (χ1n) is 10.3. The van der Waals surface area contributed by atoms with Crippen LogP contribution in [0.2, 0.25) is 0 Å². The molecule has 0 atom stereocenters. The van der Waals surface area contributed by atoms with Crippen LogP contribution in [0.3, 0.4) is 0 Å². The zero-order valence-electron chi connectivity index (χ0n) is 17.9. The molecule has 0 aliphatic heterocycles. The third-order valence-electron chi connectivity index (χ3n) is 5.24. The molecule has 0 aliphatic rings. The molecule has 8 heteroatoms. The van der Waals surface area contributed by atoms with Crippen molar-refractivity contribution in [3.05, 3.63) is 82.0 Å². The van der Waals surface area contributed by atoms with Gasteiger partial charge in [-0.2, -0.15) is 4.99 Å². The van der Waals surface area contributed by atoms with Crippen LogP contribution in [0.4, 0.5) is 0 Å². The van der Waals surface area contributed by atoms with Crippen LogP contribution in [-0.4, -0.2) is 28.0 Å². The topological polar surface area (TPSA) is 73.6 Å². The Bertz CT molecular complexity index is 1580. The number of hydrogen-bond donors (Lipinski definition) is 0. The number of carbonyl (C=O) groups excluding carboxylic acids is 2. The molecule has 0 unspecified atom stereocenters. The lowest BCUT2D eigenvalue weighted by atomic mass is 10.1. The number of para-hydroxylation sites is 1. The van der Waals surface area contributed by atoms with Crippen LogP contribution in [0.15, 0.2) is 71.0 Å². The predicted octanol–water partition coefficient (Wildman–Crippen LogP) is 5.43. The van der Waals surface area contributed by atoms with Gasteiger partial charge >= 0.3 is 5.97 Å². The maximum Gasteiger partial charge on any atom is 0.338 e. The number of rotatable bonds is 4. The monoisotopic (exact) mass is 473 g/mol. The van der Waals surface area contributed by atoms with Crippen molar-refractivity contribution < 1.29 is 14.3 Å². The molecule has 0 radical (unpaired) electrons. The van der Waals surface area contributed by atoms with Crippen LogP contribution < -0.4 is 4.80 Å². The Hall–Kier alpha value is -3.62. The summed E-state index contributed by atoms with van der Waals surface area (Å²) in [5, 5.41) is 2.75. The van der Waals surface area contributed by atoms with Crippen LogP contribution in [0.25, 0.3) is 31.7 Å². The molecular weight excluding hydrogens is 454 g/mol. The van der Waals surface area contributed by atoms with E-state index in [0.717, 1.165) is 31.7 Å². The molecule has 5 aromatic rings. The molecule has 3 aromatic heterocycles. The van der Waals surface area contributed by atoms with Crippen molar-refractivity contribution in [3.63, 3.8) is 0 Å². The molecule has 0 saturated carbocycles. The van der Waals surface area contributed by atoms with Gasteiger partial charge in [0.25, 0.3) is 5.91 Å². The third kappa shape index (κ3) is 3.99. The van der Waals surface area contributed by atoms with Crippen molar-refractivity contribution in [2.45, 2.75) is 6.92 Å². The number of nitrogens with zero attached hydrogens (tertiary/aromatic N) is 3. The van der Waals surface area contributed by atoms with E-state index < -0.39 is 0 Å². The lowest BCUT2D eigenvalue weighted by Gasteiger charge is -2.06. The standard InChI is InChI=1S/C25H19N3O3S2/c1-3-31-24(30)15-10-11-20-22(13-15)33-25(28(20)2)27-23(29)17-14-19(21-9-6-12-32-21)26-18-8-5-4-7-16(17)18/h4-14H,3H2,1-2H3. The Morgan fingerprint density at radius 3 is 2.73 bits per heavy atom. The molecule has 164 valence electrons. The lowest BCUT2D eigenvalue weighted by molar-refractivity contribution is 0.0526. The molecule has 0 fully saturated rings.